The van der Waals surface area contributed by atoms with Crippen molar-refractivity contribution >= 4 is 33.0 Å². The van der Waals surface area contributed by atoms with Crippen LogP contribution < -0.4 is 5.56 Å². The molecule has 0 saturated carbocycles. The third-order valence-electron chi connectivity index (χ3n) is 4.08. The SMILES string of the molecule is CC[C@@H](C)c1nc2ccc(Br)cc2c(=O)n1N=Cc1occc1C. The van der Waals surface area contributed by atoms with Crippen molar-refractivity contribution in [1.82, 2.24) is 9.66 Å². The first-order chi connectivity index (χ1) is 11.5. The molecule has 0 aliphatic rings. The van der Waals surface area contributed by atoms with Gasteiger partial charge in [0.05, 0.1) is 23.4 Å². The van der Waals surface area contributed by atoms with E-state index in [0.717, 1.165) is 16.5 Å². The van der Waals surface area contributed by atoms with Crippen LogP contribution in [0.2, 0.25) is 0 Å². The number of benzene rings is 1. The number of halogens is 1. The summed E-state index contributed by atoms with van der Waals surface area (Å²) in [5, 5.41) is 4.90. The lowest BCUT2D eigenvalue weighted by atomic mass is 10.1. The van der Waals surface area contributed by atoms with Gasteiger partial charge in [0.15, 0.2) is 0 Å². The quantitative estimate of drug-likeness (QED) is 0.621. The Morgan fingerprint density at radius 1 is 1.42 bits per heavy atom. The topological polar surface area (TPSA) is 60.4 Å². The fraction of sp³-hybridized carbons (Fsp3) is 0.278. The molecule has 0 saturated heterocycles. The Bertz CT molecular complexity index is 972. The summed E-state index contributed by atoms with van der Waals surface area (Å²) in [4.78, 5) is 17.6. The first-order valence-corrected chi connectivity index (χ1v) is 8.61. The Labute approximate surface area is 148 Å². The van der Waals surface area contributed by atoms with E-state index in [1.807, 2.05) is 32.0 Å². The number of aryl methyl sites for hydroxylation is 1. The second kappa shape index (κ2) is 6.73. The molecular weight excluding hydrogens is 370 g/mol. The van der Waals surface area contributed by atoms with E-state index in [1.54, 1.807) is 18.5 Å². The van der Waals surface area contributed by atoms with Gasteiger partial charge in [-0.05, 0) is 43.2 Å². The van der Waals surface area contributed by atoms with Crippen LogP contribution in [-0.2, 0) is 0 Å². The number of furan rings is 1. The van der Waals surface area contributed by atoms with Crippen LogP contribution in [0.1, 0.15) is 43.3 Å². The maximum atomic E-state index is 12.9. The zero-order valence-corrected chi connectivity index (χ0v) is 15.4. The van der Waals surface area contributed by atoms with Crippen molar-refractivity contribution in [1.29, 1.82) is 0 Å². The molecule has 0 spiro atoms. The van der Waals surface area contributed by atoms with Gasteiger partial charge in [0, 0.05) is 10.4 Å². The average molecular weight is 388 g/mol. The second-order valence-electron chi connectivity index (χ2n) is 5.77. The van der Waals surface area contributed by atoms with Crippen LogP contribution in [-0.4, -0.2) is 15.9 Å². The van der Waals surface area contributed by atoms with Crippen LogP contribution >= 0.6 is 15.9 Å². The molecule has 24 heavy (non-hydrogen) atoms. The van der Waals surface area contributed by atoms with Crippen molar-refractivity contribution in [3.8, 4) is 0 Å². The van der Waals surface area contributed by atoms with E-state index in [-0.39, 0.29) is 11.5 Å². The lowest BCUT2D eigenvalue weighted by Gasteiger charge is -2.13. The molecule has 0 amide bonds. The van der Waals surface area contributed by atoms with Crippen LogP contribution in [0.5, 0.6) is 0 Å². The van der Waals surface area contributed by atoms with E-state index in [9.17, 15) is 4.79 Å². The van der Waals surface area contributed by atoms with Crippen molar-refractivity contribution < 1.29 is 4.42 Å². The summed E-state index contributed by atoms with van der Waals surface area (Å²) >= 11 is 3.40. The van der Waals surface area contributed by atoms with Gasteiger partial charge in [-0.3, -0.25) is 4.79 Å². The van der Waals surface area contributed by atoms with Crippen LogP contribution in [0.15, 0.2) is 49.3 Å². The molecule has 0 aliphatic carbocycles. The average Bonchev–Trinajstić information content (AvgIpc) is 2.98. The molecule has 0 unspecified atom stereocenters. The Kier molecular flexibility index (Phi) is 4.66. The Hall–Kier alpha value is -2.21. The summed E-state index contributed by atoms with van der Waals surface area (Å²) in [6, 6.07) is 7.36. The molecule has 2 aromatic heterocycles. The Balaban J connectivity index is 2.23. The van der Waals surface area contributed by atoms with Gasteiger partial charge in [-0.15, -0.1) is 0 Å². The van der Waals surface area contributed by atoms with Crippen molar-refractivity contribution in [2.75, 3.05) is 0 Å². The van der Waals surface area contributed by atoms with Crippen molar-refractivity contribution in [3.63, 3.8) is 0 Å². The standard InChI is InChI=1S/C18H18BrN3O2/c1-4-11(2)17-21-15-6-5-13(19)9-14(15)18(23)22(17)20-10-16-12(3)7-8-24-16/h5-11H,4H2,1-3H3/t11-/m1/s1. The predicted molar refractivity (Wildman–Crippen MR) is 98.8 cm³/mol. The van der Waals surface area contributed by atoms with Gasteiger partial charge < -0.3 is 4.42 Å². The van der Waals surface area contributed by atoms with Crippen LogP contribution in [0.3, 0.4) is 0 Å². The first kappa shape index (κ1) is 16.6. The summed E-state index contributed by atoms with van der Waals surface area (Å²) in [5.74, 6) is 1.39. The normalized spacial score (nSPS) is 13.0. The van der Waals surface area contributed by atoms with Gasteiger partial charge in [-0.2, -0.15) is 9.78 Å². The van der Waals surface area contributed by atoms with Crippen molar-refractivity contribution in [2.45, 2.75) is 33.1 Å². The number of nitrogens with zero attached hydrogens (tertiary/aromatic N) is 3. The summed E-state index contributed by atoms with van der Waals surface area (Å²) in [5.41, 5.74) is 1.46. The molecule has 3 aromatic rings. The van der Waals surface area contributed by atoms with E-state index in [1.165, 1.54) is 4.68 Å². The van der Waals surface area contributed by atoms with E-state index < -0.39 is 0 Å². The molecule has 3 rings (SSSR count). The molecule has 0 aliphatic heterocycles. The smallest absolute Gasteiger partial charge is 0.282 e. The highest BCUT2D eigenvalue weighted by Crippen LogP contribution is 2.20. The largest absolute Gasteiger partial charge is 0.463 e. The highest BCUT2D eigenvalue weighted by Gasteiger charge is 2.15. The molecule has 0 N–H and O–H groups in total. The summed E-state index contributed by atoms with van der Waals surface area (Å²) in [6.07, 6.45) is 4.03. The molecule has 6 heteroatoms. The third kappa shape index (κ3) is 3.06. The van der Waals surface area contributed by atoms with Crippen LogP contribution in [0, 0.1) is 6.92 Å². The van der Waals surface area contributed by atoms with Crippen molar-refractivity contribution in [3.05, 3.63) is 62.5 Å². The van der Waals surface area contributed by atoms with E-state index in [4.69, 9.17) is 4.42 Å². The summed E-state index contributed by atoms with van der Waals surface area (Å²) < 4.78 is 7.58. The first-order valence-electron chi connectivity index (χ1n) is 7.82. The second-order valence-corrected chi connectivity index (χ2v) is 6.69. The zero-order chi connectivity index (χ0) is 17.3. The maximum absolute atomic E-state index is 12.9. The van der Waals surface area contributed by atoms with Gasteiger partial charge in [-0.1, -0.05) is 29.8 Å². The molecule has 1 atom stereocenters. The van der Waals surface area contributed by atoms with Gasteiger partial charge in [0.2, 0.25) is 0 Å². The molecule has 124 valence electrons. The van der Waals surface area contributed by atoms with Gasteiger partial charge in [-0.25, -0.2) is 4.98 Å². The third-order valence-corrected chi connectivity index (χ3v) is 4.57. The summed E-state index contributed by atoms with van der Waals surface area (Å²) in [6.45, 7) is 6.03. The van der Waals surface area contributed by atoms with Gasteiger partial charge in [0.1, 0.15) is 11.6 Å². The van der Waals surface area contributed by atoms with E-state index in [2.05, 4.69) is 32.9 Å². The van der Waals surface area contributed by atoms with Gasteiger partial charge in [0.25, 0.3) is 5.56 Å². The maximum Gasteiger partial charge on any atom is 0.282 e. The zero-order valence-electron chi connectivity index (χ0n) is 13.8. The minimum absolute atomic E-state index is 0.112. The Morgan fingerprint density at radius 2 is 2.21 bits per heavy atom. The van der Waals surface area contributed by atoms with Crippen LogP contribution in [0.25, 0.3) is 10.9 Å². The van der Waals surface area contributed by atoms with E-state index in [0.29, 0.717) is 22.5 Å². The minimum atomic E-state index is -0.183. The predicted octanol–water partition coefficient (Wildman–Crippen LogP) is 4.46. The van der Waals surface area contributed by atoms with Crippen molar-refractivity contribution in [2.24, 2.45) is 5.10 Å². The monoisotopic (exact) mass is 387 g/mol. The number of hydrogen-bond donors (Lipinski definition) is 0. The minimum Gasteiger partial charge on any atom is -0.463 e. The highest BCUT2D eigenvalue weighted by atomic mass is 79.9. The molecule has 0 bridgehead atoms. The van der Waals surface area contributed by atoms with Crippen LogP contribution in [0.4, 0.5) is 0 Å². The van der Waals surface area contributed by atoms with Gasteiger partial charge >= 0.3 is 0 Å². The number of rotatable bonds is 4. The molecule has 1 aromatic carbocycles. The summed E-state index contributed by atoms with van der Waals surface area (Å²) in [7, 11) is 0. The molecule has 0 fully saturated rings. The van der Waals surface area contributed by atoms with E-state index >= 15 is 0 Å². The lowest BCUT2D eigenvalue weighted by Crippen LogP contribution is -2.23. The molecule has 0 radical (unpaired) electrons. The fourth-order valence-corrected chi connectivity index (χ4v) is 2.77. The Morgan fingerprint density at radius 3 is 2.88 bits per heavy atom. The fourth-order valence-electron chi connectivity index (χ4n) is 2.41. The lowest BCUT2D eigenvalue weighted by molar-refractivity contribution is 0.555. The molecular formula is C18H18BrN3O2. The number of hydrogen-bond acceptors (Lipinski definition) is 4. The molecule has 5 nitrogen and oxygen atoms in total. The number of aromatic nitrogens is 2. The number of fused-ring (bicyclic) bond motifs is 1. The molecule has 2 heterocycles. The highest BCUT2D eigenvalue weighted by molar-refractivity contribution is 9.10.